The van der Waals surface area contributed by atoms with Gasteiger partial charge in [-0.05, 0) is 93.7 Å². The first-order chi connectivity index (χ1) is 22.8. The Hall–Kier alpha value is -5.93. The first kappa shape index (κ1) is 26.5. The van der Waals surface area contributed by atoms with Crippen LogP contribution in [-0.4, -0.2) is 4.98 Å². The fourth-order valence-corrected chi connectivity index (χ4v) is 6.82. The molecule has 3 nitrogen and oxygen atoms in total. The molecule has 1 aliphatic carbocycles. The highest BCUT2D eigenvalue weighted by Gasteiger charge is 2.20. The largest absolute Gasteiger partial charge is 0.454 e. The molecule has 0 spiro atoms. The first-order valence-corrected chi connectivity index (χ1v) is 15.8. The van der Waals surface area contributed by atoms with Gasteiger partial charge in [0.15, 0.2) is 5.58 Å². The van der Waals surface area contributed by atoms with Crippen LogP contribution < -0.4 is 4.90 Å². The third-order valence-electron chi connectivity index (χ3n) is 9.17. The maximum Gasteiger partial charge on any atom is 0.153 e. The number of rotatable bonds is 5. The summed E-state index contributed by atoms with van der Waals surface area (Å²) in [7, 11) is 0. The van der Waals surface area contributed by atoms with Gasteiger partial charge < -0.3 is 9.32 Å². The normalized spacial score (nSPS) is 14.7. The molecule has 1 atom stereocenters. The molecule has 6 aromatic carbocycles. The topological polar surface area (TPSA) is 29.3 Å². The summed E-state index contributed by atoms with van der Waals surface area (Å²) in [6.07, 6.45) is 7.74. The van der Waals surface area contributed by atoms with Crippen molar-refractivity contribution in [2.24, 2.45) is 0 Å². The maximum absolute atomic E-state index is 6.21. The summed E-state index contributed by atoms with van der Waals surface area (Å²) >= 11 is 0. The van der Waals surface area contributed by atoms with Crippen LogP contribution in [0, 0.1) is 0 Å². The fraction of sp³-hybridized carbons (Fsp3) is 0.0465. The van der Waals surface area contributed by atoms with Crippen molar-refractivity contribution in [2.45, 2.75) is 12.3 Å². The van der Waals surface area contributed by atoms with Crippen molar-refractivity contribution in [2.75, 3.05) is 4.90 Å². The molecule has 0 radical (unpaired) electrons. The highest BCUT2D eigenvalue weighted by molar-refractivity contribution is 6.17. The van der Waals surface area contributed by atoms with Gasteiger partial charge in [-0.25, -0.2) is 4.98 Å². The van der Waals surface area contributed by atoms with Crippen molar-refractivity contribution in [3.8, 4) is 11.1 Å². The van der Waals surface area contributed by atoms with Crippen LogP contribution in [0.3, 0.4) is 0 Å². The zero-order valence-electron chi connectivity index (χ0n) is 25.2. The molecule has 3 heteroatoms. The van der Waals surface area contributed by atoms with Gasteiger partial charge in [0.25, 0.3) is 0 Å². The van der Waals surface area contributed by atoms with E-state index in [9.17, 15) is 0 Å². The molecule has 9 rings (SSSR count). The minimum atomic E-state index is 0.181. The number of furan rings is 1. The molecule has 2 heterocycles. The lowest BCUT2D eigenvalue weighted by atomic mass is 9.94. The summed E-state index contributed by atoms with van der Waals surface area (Å²) in [6.45, 7) is 0. The molecule has 8 aromatic rings. The Morgan fingerprint density at radius 2 is 1.28 bits per heavy atom. The Kier molecular flexibility index (Phi) is 6.27. The monoisotopic (exact) mass is 590 g/mol. The molecule has 1 unspecified atom stereocenters. The average molecular weight is 591 g/mol. The molecule has 218 valence electrons. The highest BCUT2D eigenvalue weighted by Crippen LogP contribution is 2.38. The summed E-state index contributed by atoms with van der Waals surface area (Å²) in [5.74, 6) is 0.181. The Bertz CT molecular complexity index is 2450. The molecular formula is C43H30N2O. The molecular weight excluding hydrogens is 560 g/mol. The minimum absolute atomic E-state index is 0.181. The summed E-state index contributed by atoms with van der Waals surface area (Å²) in [4.78, 5) is 7.53. The van der Waals surface area contributed by atoms with E-state index < -0.39 is 0 Å². The van der Waals surface area contributed by atoms with Crippen LogP contribution in [0.5, 0.6) is 0 Å². The second kappa shape index (κ2) is 10.9. The van der Waals surface area contributed by atoms with Gasteiger partial charge in [0.1, 0.15) is 11.1 Å². The van der Waals surface area contributed by atoms with E-state index in [0.29, 0.717) is 0 Å². The molecule has 0 aliphatic heterocycles. The van der Waals surface area contributed by atoms with Gasteiger partial charge in [0, 0.05) is 28.7 Å². The minimum Gasteiger partial charge on any atom is -0.454 e. The summed E-state index contributed by atoms with van der Waals surface area (Å²) in [5, 5.41) is 5.98. The number of anilines is 2. The first-order valence-electron chi connectivity index (χ1n) is 15.8. The number of aromatic nitrogens is 1. The molecule has 0 saturated carbocycles. The van der Waals surface area contributed by atoms with Gasteiger partial charge in [-0.2, -0.15) is 0 Å². The third kappa shape index (κ3) is 4.56. The van der Waals surface area contributed by atoms with Gasteiger partial charge in [0.2, 0.25) is 0 Å². The van der Waals surface area contributed by atoms with Gasteiger partial charge in [-0.1, -0.05) is 109 Å². The average Bonchev–Trinajstić information content (AvgIpc) is 3.51. The van der Waals surface area contributed by atoms with Gasteiger partial charge in [-0.15, -0.1) is 0 Å². The summed E-state index contributed by atoms with van der Waals surface area (Å²) < 4.78 is 6.21. The van der Waals surface area contributed by atoms with Crippen LogP contribution in [0.1, 0.15) is 18.0 Å². The fourth-order valence-electron chi connectivity index (χ4n) is 6.82. The molecule has 46 heavy (non-hydrogen) atoms. The van der Waals surface area contributed by atoms with Crippen LogP contribution in [0.2, 0.25) is 0 Å². The number of allylic oxidation sites excluding steroid dienone is 3. The van der Waals surface area contributed by atoms with Gasteiger partial charge in [-0.3, -0.25) is 0 Å². The van der Waals surface area contributed by atoms with Crippen molar-refractivity contribution in [3.05, 3.63) is 175 Å². The summed E-state index contributed by atoms with van der Waals surface area (Å²) in [5.41, 5.74) is 9.54. The molecule has 1 aliphatic rings. The predicted molar refractivity (Wildman–Crippen MR) is 192 cm³/mol. The van der Waals surface area contributed by atoms with E-state index in [1.54, 1.807) is 0 Å². The molecule has 0 bridgehead atoms. The van der Waals surface area contributed by atoms with Crippen LogP contribution in [0.25, 0.3) is 54.7 Å². The van der Waals surface area contributed by atoms with E-state index in [1.165, 1.54) is 32.7 Å². The van der Waals surface area contributed by atoms with Gasteiger partial charge in [0.05, 0.1) is 5.39 Å². The number of pyridine rings is 1. The lowest BCUT2D eigenvalue weighted by molar-refractivity contribution is 0.667. The Labute approximate surface area is 267 Å². The molecule has 0 fully saturated rings. The van der Waals surface area contributed by atoms with E-state index in [-0.39, 0.29) is 5.92 Å². The van der Waals surface area contributed by atoms with Crippen molar-refractivity contribution in [3.63, 3.8) is 0 Å². The van der Waals surface area contributed by atoms with E-state index >= 15 is 0 Å². The SMILES string of the molecule is C1=CC(c2ccc3oc4ccc5ccccc5c4c3n2)CC=C1N(c1ccccc1)c1ccc(-c2ccc3ccccc3c2)cc1. The van der Waals surface area contributed by atoms with E-state index in [4.69, 9.17) is 9.40 Å². The Balaban J connectivity index is 1.04. The van der Waals surface area contributed by atoms with Crippen LogP contribution in [-0.2, 0) is 0 Å². The van der Waals surface area contributed by atoms with Crippen molar-refractivity contribution in [1.82, 2.24) is 4.98 Å². The number of nitrogens with zero attached hydrogens (tertiary/aromatic N) is 2. The number of benzene rings is 6. The van der Waals surface area contributed by atoms with Crippen molar-refractivity contribution >= 4 is 55.0 Å². The van der Waals surface area contributed by atoms with E-state index in [2.05, 4.69) is 169 Å². The predicted octanol–water partition coefficient (Wildman–Crippen LogP) is 11.7. The van der Waals surface area contributed by atoms with Crippen LogP contribution >= 0.6 is 0 Å². The number of fused-ring (bicyclic) bond motifs is 6. The number of para-hydroxylation sites is 1. The Morgan fingerprint density at radius 3 is 2.11 bits per heavy atom. The highest BCUT2D eigenvalue weighted by atomic mass is 16.3. The van der Waals surface area contributed by atoms with E-state index in [0.717, 1.165) is 51.3 Å². The molecule has 0 N–H and O–H groups in total. The maximum atomic E-state index is 6.21. The van der Waals surface area contributed by atoms with Crippen LogP contribution in [0.15, 0.2) is 174 Å². The smallest absolute Gasteiger partial charge is 0.153 e. The summed E-state index contributed by atoms with van der Waals surface area (Å²) in [6, 6.07) is 51.5. The lowest BCUT2D eigenvalue weighted by Gasteiger charge is -2.29. The standard InChI is InChI=1S/C43H30N2O/c1-2-11-35(12-3-1)45(36-21-16-30(17-22-36)34-15-14-29-8-4-5-10-33(29)28-34)37-23-18-32(19-24-37)39-25-27-41-43(44-39)42-38-13-7-6-9-31(38)20-26-40(42)46-41/h1-18,20-28,32H,19H2. The quantitative estimate of drug-likeness (QED) is 0.200. The van der Waals surface area contributed by atoms with Gasteiger partial charge >= 0.3 is 0 Å². The molecule has 2 aromatic heterocycles. The number of hydrogen-bond acceptors (Lipinski definition) is 3. The Morgan fingerprint density at radius 1 is 0.587 bits per heavy atom. The van der Waals surface area contributed by atoms with E-state index in [1.807, 2.05) is 0 Å². The van der Waals surface area contributed by atoms with Crippen molar-refractivity contribution in [1.29, 1.82) is 0 Å². The molecule has 0 amide bonds. The zero-order valence-corrected chi connectivity index (χ0v) is 25.2. The zero-order chi connectivity index (χ0) is 30.5. The van der Waals surface area contributed by atoms with Crippen LogP contribution in [0.4, 0.5) is 11.4 Å². The second-order valence-electron chi connectivity index (χ2n) is 12.0. The second-order valence-corrected chi connectivity index (χ2v) is 12.0. The third-order valence-corrected chi connectivity index (χ3v) is 9.17. The lowest BCUT2D eigenvalue weighted by Crippen LogP contribution is -2.17. The van der Waals surface area contributed by atoms with Crippen molar-refractivity contribution < 1.29 is 4.42 Å². The molecule has 0 saturated heterocycles. The number of hydrogen-bond donors (Lipinski definition) is 0.